The first-order valence-corrected chi connectivity index (χ1v) is 9.67. The molecule has 8 heteroatoms. The van der Waals surface area contributed by atoms with E-state index in [1.165, 1.54) is 6.33 Å². The number of nitrogens with one attached hydrogen (secondary N) is 1. The van der Waals surface area contributed by atoms with Crippen molar-refractivity contribution in [1.82, 2.24) is 35.0 Å². The van der Waals surface area contributed by atoms with Gasteiger partial charge in [-0.25, -0.2) is 9.97 Å². The van der Waals surface area contributed by atoms with Gasteiger partial charge in [0, 0.05) is 35.5 Å². The molecule has 1 amide bonds. The molecule has 0 atom stereocenters. The SMILES string of the molecule is CC(C)n1cnnc1-c1cccnc1-c1cc(C#CNC(=O)c2ccccc2)ncn1. The second-order valence-corrected chi connectivity index (χ2v) is 6.91. The molecule has 4 rings (SSSR count). The normalized spacial score (nSPS) is 10.4. The van der Waals surface area contributed by atoms with Crippen LogP contribution >= 0.6 is 0 Å². The highest BCUT2D eigenvalue weighted by Gasteiger charge is 2.16. The minimum Gasteiger partial charge on any atom is -0.311 e. The van der Waals surface area contributed by atoms with Crippen LogP contribution in [0, 0.1) is 12.0 Å². The highest BCUT2D eigenvalue weighted by atomic mass is 16.1. The van der Waals surface area contributed by atoms with Crippen LogP contribution in [0.3, 0.4) is 0 Å². The fourth-order valence-corrected chi connectivity index (χ4v) is 2.97. The fourth-order valence-electron chi connectivity index (χ4n) is 2.97. The van der Waals surface area contributed by atoms with Gasteiger partial charge in [0.1, 0.15) is 18.3 Å². The second kappa shape index (κ2) is 8.97. The molecule has 0 aliphatic rings. The van der Waals surface area contributed by atoms with Crippen molar-refractivity contribution >= 4 is 5.91 Å². The Labute approximate surface area is 179 Å². The molecule has 0 aliphatic heterocycles. The van der Waals surface area contributed by atoms with Crippen molar-refractivity contribution in [2.75, 3.05) is 0 Å². The number of amides is 1. The molecule has 0 spiro atoms. The van der Waals surface area contributed by atoms with Gasteiger partial charge in [-0.3, -0.25) is 15.1 Å². The molecule has 3 heterocycles. The molecule has 1 N–H and O–H groups in total. The summed E-state index contributed by atoms with van der Waals surface area (Å²) in [6.45, 7) is 4.12. The number of benzene rings is 1. The zero-order valence-electron chi connectivity index (χ0n) is 17.0. The molecule has 152 valence electrons. The quantitative estimate of drug-likeness (QED) is 0.411. The zero-order chi connectivity index (χ0) is 21.6. The number of rotatable bonds is 4. The van der Waals surface area contributed by atoms with Crippen molar-refractivity contribution in [3.63, 3.8) is 0 Å². The molecule has 4 aromatic rings. The van der Waals surface area contributed by atoms with Crippen LogP contribution in [0.1, 0.15) is 35.9 Å². The number of nitrogens with zero attached hydrogens (tertiary/aromatic N) is 6. The maximum absolute atomic E-state index is 12.1. The Morgan fingerprint density at radius 1 is 1.06 bits per heavy atom. The van der Waals surface area contributed by atoms with E-state index in [9.17, 15) is 4.79 Å². The van der Waals surface area contributed by atoms with E-state index in [1.54, 1.807) is 42.9 Å². The third-order valence-corrected chi connectivity index (χ3v) is 4.49. The predicted molar refractivity (Wildman–Crippen MR) is 115 cm³/mol. The van der Waals surface area contributed by atoms with Crippen molar-refractivity contribution in [2.24, 2.45) is 0 Å². The number of pyridine rings is 1. The molecule has 0 unspecified atom stereocenters. The average molecular weight is 409 g/mol. The molecule has 0 radical (unpaired) electrons. The minimum atomic E-state index is -0.276. The Morgan fingerprint density at radius 3 is 2.71 bits per heavy atom. The highest BCUT2D eigenvalue weighted by Crippen LogP contribution is 2.28. The lowest BCUT2D eigenvalue weighted by Gasteiger charge is -2.12. The van der Waals surface area contributed by atoms with Gasteiger partial charge in [-0.2, -0.15) is 0 Å². The summed E-state index contributed by atoms with van der Waals surface area (Å²) in [5.41, 5.74) is 3.05. The van der Waals surface area contributed by atoms with Gasteiger partial charge in [-0.05, 0) is 44.0 Å². The molecule has 0 saturated carbocycles. The maximum Gasteiger partial charge on any atom is 0.262 e. The van der Waals surface area contributed by atoms with E-state index in [1.807, 2.05) is 22.8 Å². The molecule has 8 nitrogen and oxygen atoms in total. The number of carbonyl (C=O) groups excluding carboxylic acids is 1. The summed E-state index contributed by atoms with van der Waals surface area (Å²) >= 11 is 0. The lowest BCUT2D eigenvalue weighted by Crippen LogP contribution is -2.17. The van der Waals surface area contributed by atoms with E-state index >= 15 is 0 Å². The van der Waals surface area contributed by atoms with Crippen LogP contribution in [0.2, 0.25) is 0 Å². The summed E-state index contributed by atoms with van der Waals surface area (Å²) in [6, 6.07) is 17.2. The topological polar surface area (TPSA) is 98.5 Å². The Morgan fingerprint density at radius 2 is 1.90 bits per heavy atom. The van der Waals surface area contributed by atoms with Gasteiger partial charge in [-0.1, -0.05) is 18.2 Å². The van der Waals surface area contributed by atoms with Crippen molar-refractivity contribution in [3.8, 4) is 34.7 Å². The van der Waals surface area contributed by atoms with Crippen LogP contribution in [0.15, 0.2) is 67.4 Å². The zero-order valence-corrected chi connectivity index (χ0v) is 17.0. The number of aromatic nitrogens is 6. The Balaban J connectivity index is 1.62. The first kappa shape index (κ1) is 19.9. The molecule has 0 fully saturated rings. The predicted octanol–water partition coefficient (Wildman–Crippen LogP) is 3.12. The van der Waals surface area contributed by atoms with Gasteiger partial charge in [0.15, 0.2) is 5.82 Å². The lowest BCUT2D eigenvalue weighted by molar-refractivity contribution is 0.0973. The third-order valence-electron chi connectivity index (χ3n) is 4.49. The Hall–Kier alpha value is -4.38. The van der Waals surface area contributed by atoms with E-state index in [2.05, 4.69) is 56.3 Å². The van der Waals surface area contributed by atoms with Crippen LogP contribution in [0.4, 0.5) is 0 Å². The Kier molecular flexibility index (Phi) is 5.76. The van der Waals surface area contributed by atoms with Gasteiger partial charge >= 0.3 is 0 Å². The van der Waals surface area contributed by atoms with E-state index < -0.39 is 0 Å². The van der Waals surface area contributed by atoms with Crippen LogP contribution < -0.4 is 5.32 Å². The summed E-state index contributed by atoms with van der Waals surface area (Å²) < 4.78 is 1.97. The first-order chi connectivity index (χ1) is 15.1. The van der Waals surface area contributed by atoms with E-state index in [-0.39, 0.29) is 11.9 Å². The third kappa shape index (κ3) is 4.46. The van der Waals surface area contributed by atoms with Crippen LogP contribution in [-0.2, 0) is 0 Å². The van der Waals surface area contributed by atoms with E-state index in [0.717, 1.165) is 5.56 Å². The monoisotopic (exact) mass is 409 g/mol. The molecule has 0 saturated heterocycles. The summed E-state index contributed by atoms with van der Waals surface area (Å²) in [5.74, 6) is 3.28. The van der Waals surface area contributed by atoms with E-state index in [0.29, 0.717) is 28.5 Å². The van der Waals surface area contributed by atoms with Crippen LogP contribution in [0.5, 0.6) is 0 Å². The van der Waals surface area contributed by atoms with Crippen LogP contribution in [0.25, 0.3) is 22.8 Å². The molecule has 0 bridgehead atoms. The average Bonchev–Trinajstić information content (AvgIpc) is 3.30. The molecular weight excluding hydrogens is 390 g/mol. The second-order valence-electron chi connectivity index (χ2n) is 6.91. The number of hydrogen-bond donors (Lipinski definition) is 1. The van der Waals surface area contributed by atoms with E-state index in [4.69, 9.17) is 0 Å². The largest absolute Gasteiger partial charge is 0.311 e. The standard InChI is InChI=1S/C23H19N7O/c1-16(2)30-15-28-29-22(30)19-9-6-11-24-21(19)20-13-18(26-14-27-20)10-12-25-23(31)17-7-4-3-5-8-17/h3-9,11,13-16H,1-2H3,(H,25,31). The van der Waals surface area contributed by atoms with Gasteiger partial charge in [0.05, 0.1) is 11.4 Å². The molecule has 31 heavy (non-hydrogen) atoms. The summed E-state index contributed by atoms with van der Waals surface area (Å²) in [5, 5.41) is 10.9. The summed E-state index contributed by atoms with van der Waals surface area (Å²) in [7, 11) is 0. The summed E-state index contributed by atoms with van der Waals surface area (Å²) in [4.78, 5) is 25.2. The van der Waals surface area contributed by atoms with Gasteiger partial charge < -0.3 is 4.57 Å². The maximum atomic E-state index is 12.1. The van der Waals surface area contributed by atoms with Gasteiger partial charge in [0.2, 0.25) is 0 Å². The molecule has 3 aromatic heterocycles. The van der Waals surface area contributed by atoms with Crippen molar-refractivity contribution in [3.05, 3.63) is 78.6 Å². The lowest BCUT2D eigenvalue weighted by atomic mass is 10.1. The number of carbonyl (C=O) groups is 1. The summed E-state index contributed by atoms with van der Waals surface area (Å²) in [6.07, 6.45) is 4.82. The fraction of sp³-hybridized carbons (Fsp3) is 0.130. The van der Waals surface area contributed by atoms with Crippen molar-refractivity contribution in [2.45, 2.75) is 19.9 Å². The highest BCUT2D eigenvalue weighted by molar-refractivity contribution is 5.95. The van der Waals surface area contributed by atoms with Crippen LogP contribution in [-0.4, -0.2) is 35.6 Å². The van der Waals surface area contributed by atoms with Crippen molar-refractivity contribution in [1.29, 1.82) is 0 Å². The smallest absolute Gasteiger partial charge is 0.262 e. The molecular formula is C23H19N7O. The molecule has 0 aliphatic carbocycles. The van der Waals surface area contributed by atoms with Gasteiger partial charge in [0.25, 0.3) is 5.91 Å². The number of hydrogen-bond acceptors (Lipinski definition) is 6. The first-order valence-electron chi connectivity index (χ1n) is 9.67. The Bertz CT molecular complexity index is 1270. The minimum absolute atomic E-state index is 0.193. The molecule has 1 aromatic carbocycles. The van der Waals surface area contributed by atoms with Crippen molar-refractivity contribution < 1.29 is 4.79 Å². The van der Waals surface area contributed by atoms with Gasteiger partial charge in [-0.15, -0.1) is 10.2 Å².